The molecule has 0 amide bonds. The SMILES string of the molecule is CC(C)c1cc(C(C)C)c(B2c3ccccc3Cc3cc(N4c5ccccc5C5(C6=C(C=CCC6)N(c6ccccc6)c6ccccc65)c5ccccc54)ccc32)c(C(C)C)c1. The van der Waals surface area contributed by atoms with Gasteiger partial charge in [0.1, 0.15) is 0 Å². The Morgan fingerprint density at radius 2 is 1.05 bits per heavy atom. The van der Waals surface area contributed by atoms with Crippen molar-refractivity contribution in [2.75, 3.05) is 9.80 Å². The van der Waals surface area contributed by atoms with Crippen LogP contribution >= 0.6 is 0 Å². The second-order valence-corrected chi connectivity index (χ2v) is 18.9. The summed E-state index contributed by atoms with van der Waals surface area (Å²) in [5.74, 6) is 1.29. The number of hydrogen-bond acceptors (Lipinski definition) is 2. The molecule has 0 N–H and O–H groups in total. The van der Waals surface area contributed by atoms with Crippen molar-refractivity contribution in [1.29, 1.82) is 0 Å². The van der Waals surface area contributed by atoms with Crippen molar-refractivity contribution in [2.45, 2.75) is 84.0 Å². The highest BCUT2D eigenvalue weighted by molar-refractivity contribution is 6.97. The summed E-state index contributed by atoms with van der Waals surface area (Å²) >= 11 is 0. The first-order chi connectivity index (χ1) is 30.3. The van der Waals surface area contributed by atoms with E-state index in [0.29, 0.717) is 17.8 Å². The van der Waals surface area contributed by atoms with E-state index in [1.165, 1.54) is 101 Å². The summed E-state index contributed by atoms with van der Waals surface area (Å²) in [5, 5.41) is 0. The third-order valence-electron chi connectivity index (χ3n) is 14.4. The topological polar surface area (TPSA) is 6.48 Å². The van der Waals surface area contributed by atoms with Gasteiger partial charge in [0, 0.05) is 17.1 Å². The molecule has 0 unspecified atom stereocenters. The third kappa shape index (κ3) is 5.70. The Bertz CT molecular complexity index is 2870. The Kier molecular flexibility index (Phi) is 9.30. The zero-order valence-electron chi connectivity index (χ0n) is 37.0. The summed E-state index contributed by atoms with van der Waals surface area (Å²) in [7, 11) is 0. The number of benzene rings is 7. The molecule has 2 nitrogen and oxygen atoms in total. The lowest BCUT2D eigenvalue weighted by molar-refractivity contribution is 0.643. The van der Waals surface area contributed by atoms with Gasteiger partial charge in [-0.05, 0) is 136 Å². The van der Waals surface area contributed by atoms with Crippen molar-refractivity contribution < 1.29 is 0 Å². The fraction of sp³-hybridized carbons (Fsp3) is 0.220. The maximum Gasteiger partial charge on any atom is 0.242 e. The lowest BCUT2D eigenvalue weighted by Crippen LogP contribution is -2.59. The number of allylic oxidation sites excluding steroid dienone is 3. The predicted octanol–water partition coefficient (Wildman–Crippen LogP) is 13.4. The number of para-hydroxylation sites is 4. The maximum absolute atomic E-state index is 2.58. The summed E-state index contributed by atoms with van der Waals surface area (Å²) in [5.41, 5.74) is 24.2. The Labute approximate surface area is 369 Å². The van der Waals surface area contributed by atoms with E-state index in [4.69, 9.17) is 0 Å². The van der Waals surface area contributed by atoms with Crippen LogP contribution < -0.4 is 26.2 Å². The minimum Gasteiger partial charge on any atom is -0.310 e. The molecule has 0 saturated carbocycles. The van der Waals surface area contributed by atoms with Crippen molar-refractivity contribution in [1.82, 2.24) is 0 Å². The highest BCUT2D eigenvalue weighted by Crippen LogP contribution is 2.63. The van der Waals surface area contributed by atoms with Gasteiger partial charge in [-0.15, -0.1) is 0 Å². The van der Waals surface area contributed by atoms with E-state index in [1.54, 1.807) is 0 Å². The van der Waals surface area contributed by atoms with Gasteiger partial charge in [0.15, 0.2) is 0 Å². The molecule has 0 atom stereocenters. The number of rotatable bonds is 6. The Morgan fingerprint density at radius 3 is 1.66 bits per heavy atom. The second kappa shape index (κ2) is 14.9. The highest BCUT2D eigenvalue weighted by Gasteiger charge is 2.52. The van der Waals surface area contributed by atoms with Gasteiger partial charge in [-0.3, -0.25) is 0 Å². The van der Waals surface area contributed by atoms with Gasteiger partial charge < -0.3 is 9.80 Å². The molecule has 0 bridgehead atoms. The molecule has 4 aliphatic rings. The lowest BCUT2D eigenvalue weighted by atomic mass is 9.32. The van der Waals surface area contributed by atoms with Crippen LogP contribution in [0, 0.1) is 0 Å². The molecule has 1 spiro atoms. The molecule has 7 aromatic carbocycles. The van der Waals surface area contributed by atoms with Gasteiger partial charge >= 0.3 is 0 Å². The van der Waals surface area contributed by atoms with Crippen molar-refractivity contribution in [3.63, 3.8) is 0 Å². The van der Waals surface area contributed by atoms with Gasteiger partial charge in [0.2, 0.25) is 6.71 Å². The van der Waals surface area contributed by atoms with Crippen LogP contribution in [0.2, 0.25) is 0 Å². The minimum atomic E-state index is -0.466. The molecule has 62 heavy (non-hydrogen) atoms. The lowest BCUT2D eigenvalue weighted by Gasteiger charge is -2.52. The first kappa shape index (κ1) is 38.6. The van der Waals surface area contributed by atoms with Gasteiger partial charge in [0.25, 0.3) is 0 Å². The zero-order chi connectivity index (χ0) is 42.3. The fourth-order valence-electron chi connectivity index (χ4n) is 11.7. The van der Waals surface area contributed by atoms with E-state index in [1.807, 2.05) is 0 Å². The average Bonchev–Trinajstić information content (AvgIpc) is 3.30. The predicted molar refractivity (Wildman–Crippen MR) is 264 cm³/mol. The quantitative estimate of drug-likeness (QED) is 0.155. The smallest absolute Gasteiger partial charge is 0.242 e. The summed E-state index contributed by atoms with van der Waals surface area (Å²) in [6.07, 6.45) is 7.69. The van der Waals surface area contributed by atoms with Crippen molar-refractivity contribution in [3.8, 4) is 0 Å². The Hall–Kier alpha value is -6.32. The molecular formula is C59H55BN2. The van der Waals surface area contributed by atoms with Crippen LogP contribution in [0.3, 0.4) is 0 Å². The number of fused-ring (bicyclic) bond motifs is 9. The molecule has 1 aliphatic carbocycles. The molecule has 3 heterocycles. The molecule has 0 fully saturated rings. The molecule has 7 aromatic rings. The second-order valence-electron chi connectivity index (χ2n) is 18.9. The molecule has 3 heteroatoms. The number of hydrogen-bond donors (Lipinski definition) is 0. The molecule has 3 aliphatic heterocycles. The summed E-state index contributed by atoms with van der Waals surface area (Å²) in [4.78, 5) is 5.08. The first-order valence-corrected chi connectivity index (χ1v) is 23.0. The van der Waals surface area contributed by atoms with Crippen LogP contribution in [0.1, 0.15) is 117 Å². The monoisotopic (exact) mass is 802 g/mol. The maximum atomic E-state index is 2.58. The van der Waals surface area contributed by atoms with Gasteiger partial charge in [-0.25, -0.2) is 0 Å². The largest absolute Gasteiger partial charge is 0.310 e. The van der Waals surface area contributed by atoms with Gasteiger partial charge in [-0.2, -0.15) is 0 Å². The fourth-order valence-corrected chi connectivity index (χ4v) is 11.7. The van der Waals surface area contributed by atoms with Crippen LogP contribution in [0.25, 0.3) is 0 Å². The zero-order valence-corrected chi connectivity index (χ0v) is 37.0. The molecule has 0 aromatic heterocycles. The van der Waals surface area contributed by atoms with Crippen LogP contribution in [-0.2, 0) is 11.8 Å². The molecular weight excluding hydrogens is 747 g/mol. The average molecular weight is 803 g/mol. The van der Waals surface area contributed by atoms with E-state index in [2.05, 4.69) is 221 Å². The van der Waals surface area contributed by atoms with Crippen LogP contribution in [-0.4, -0.2) is 6.71 Å². The standard InChI is InChI=1S/C59H55BN2/c1-38(2)42-36-46(39(3)4)58(47(37-42)40(5)6)60-52-27-15-10-20-41(52)34-43-35-45(32-33-53(43)60)62-56-30-18-13-25-50(56)59(51-26-14-19-31-57(51)62)48-23-11-16-28-54(48)61(44-21-8-7-9-22-44)55-29-17-12-24-49(55)59/h7-11,13-23,25-33,35-40H,12,24,34H2,1-6H3. The van der Waals surface area contributed by atoms with Crippen molar-refractivity contribution in [3.05, 3.63) is 226 Å². The van der Waals surface area contributed by atoms with Crippen LogP contribution in [0.4, 0.5) is 28.4 Å². The molecule has 11 rings (SSSR count). The molecule has 0 saturated heterocycles. The van der Waals surface area contributed by atoms with Crippen molar-refractivity contribution in [2.24, 2.45) is 0 Å². The Balaban J connectivity index is 1.13. The highest BCUT2D eigenvalue weighted by atomic mass is 15.2. The van der Waals surface area contributed by atoms with Crippen LogP contribution in [0.15, 0.2) is 181 Å². The minimum absolute atomic E-state index is 0.167. The summed E-state index contributed by atoms with van der Waals surface area (Å²) < 4.78 is 0. The first-order valence-electron chi connectivity index (χ1n) is 23.0. The molecule has 304 valence electrons. The Morgan fingerprint density at radius 1 is 0.500 bits per heavy atom. The van der Waals surface area contributed by atoms with Gasteiger partial charge in [-0.1, -0.05) is 179 Å². The van der Waals surface area contributed by atoms with E-state index in [-0.39, 0.29) is 6.71 Å². The number of anilines is 5. The van der Waals surface area contributed by atoms with Gasteiger partial charge in [0.05, 0.1) is 22.5 Å². The normalized spacial score (nSPS) is 15.7. The van der Waals surface area contributed by atoms with E-state index >= 15 is 0 Å². The third-order valence-corrected chi connectivity index (χ3v) is 14.4. The van der Waals surface area contributed by atoms with Crippen LogP contribution in [0.5, 0.6) is 0 Å². The summed E-state index contributed by atoms with van der Waals surface area (Å²) in [6.45, 7) is 14.4. The van der Waals surface area contributed by atoms with E-state index < -0.39 is 5.41 Å². The van der Waals surface area contributed by atoms with E-state index in [0.717, 1.165) is 19.3 Å². The van der Waals surface area contributed by atoms with Crippen molar-refractivity contribution >= 4 is 51.5 Å². The summed E-state index contributed by atoms with van der Waals surface area (Å²) in [6, 6.07) is 60.5. The number of nitrogens with zero attached hydrogens (tertiary/aromatic N) is 2. The van der Waals surface area contributed by atoms with E-state index in [9.17, 15) is 0 Å². The molecule has 0 radical (unpaired) electrons.